The van der Waals surface area contributed by atoms with E-state index in [1.165, 1.54) is 0 Å². The van der Waals surface area contributed by atoms with Gasteiger partial charge in [0, 0.05) is 56.6 Å². The molecular weight excluding hydrogens is 649 g/mol. The van der Waals surface area contributed by atoms with Gasteiger partial charge in [0.1, 0.15) is 34.2 Å². The zero-order valence-corrected chi connectivity index (χ0v) is 28.6. The maximum atomic E-state index is 7.20. The molecule has 0 spiro atoms. The lowest BCUT2D eigenvalue weighted by Crippen LogP contribution is -2.57. The number of ether oxygens (including phenoxy) is 2. The Hall–Kier alpha value is -6.98. The van der Waals surface area contributed by atoms with Crippen LogP contribution in [0, 0.1) is 0 Å². The van der Waals surface area contributed by atoms with Crippen LogP contribution in [0.25, 0.3) is 44.2 Å². The molecule has 0 saturated carbocycles. The molecule has 2 aliphatic rings. The molecule has 8 aromatic carbocycles. The Morgan fingerprint density at radius 3 is 1.57 bits per heavy atom. The summed E-state index contributed by atoms with van der Waals surface area (Å²) in [6, 6.07) is 63.5. The first-order valence-corrected chi connectivity index (χ1v) is 18.0. The molecule has 4 nitrogen and oxygen atoms in total. The number of furan rings is 1. The minimum Gasteiger partial charge on any atom is -0.458 e. The molecule has 3 heterocycles. The minimum absolute atomic E-state index is 0.160. The molecule has 53 heavy (non-hydrogen) atoms. The van der Waals surface area contributed by atoms with Crippen molar-refractivity contribution in [1.82, 2.24) is 0 Å². The summed E-state index contributed by atoms with van der Waals surface area (Å²) in [4.78, 5) is 2.28. The van der Waals surface area contributed by atoms with Gasteiger partial charge in [-0.05, 0) is 64.5 Å². The number of nitrogens with zero attached hydrogens (tertiary/aromatic N) is 1. The fourth-order valence-electron chi connectivity index (χ4n) is 8.19. The van der Waals surface area contributed by atoms with Gasteiger partial charge in [-0.2, -0.15) is 0 Å². The highest BCUT2D eigenvalue weighted by Gasteiger charge is 2.43. The lowest BCUT2D eigenvalue weighted by atomic mass is 9.34. The molecule has 11 rings (SSSR count). The number of anilines is 3. The summed E-state index contributed by atoms with van der Waals surface area (Å²) in [7, 11) is 0. The van der Waals surface area contributed by atoms with Gasteiger partial charge in [-0.1, -0.05) is 127 Å². The molecule has 0 unspecified atom stereocenters. The second kappa shape index (κ2) is 11.8. The van der Waals surface area contributed by atoms with Crippen molar-refractivity contribution in [1.29, 1.82) is 0 Å². The first kappa shape index (κ1) is 29.7. The van der Waals surface area contributed by atoms with Gasteiger partial charge in [0.2, 0.25) is 0 Å². The predicted octanol–water partition coefficient (Wildman–Crippen LogP) is 11.1. The molecule has 5 heteroatoms. The van der Waals surface area contributed by atoms with Crippen molar-refractivity contribution in [3.63, 3.8) is 0 Å². The van der Waals surface area contributed by atoms with Crippen molar-refractivity contribution in [2.24, 2.45) is 0 Å². The molecule has 0 bridgehead atoms. The zero-order chi connectivity index (χ0) is 34.9. The van der Waals surface area contributed by atoms with Crippen molar-refractivity contribution in [2.75, 3.05) is 4.90 Å². The van der Waals surface area contributed by atoms with E-state index in [4.69, 9.17) is 13.9 Å². The molecule has 0 saturated heterocycles. The van der Waals surface area contributed by atoms with Gasteiger partial charge in [-0.25, -0.2) is 0 Å². The fourth-order valence-corrected chi connectivity index (χ4v) is 8.19. The van der Waals surface area contributed by atoms with E-state index in [1.54, 1.807) is 0 Å². The summed E-state index contributed by atoms with van der Waals surface area (Å²) in [6.45, 7) is -0.160. The van der Waals surface area contributed by atoms with E-state index in [2.05, 4.69) is 169 Å². The van der Waals surface area contributed by atoms with Gasteiger partial charge in [0.05, 0.1) is 0 Å². The number of rotatable bonds is 5. The van der Waals surface area contributed by atoms with Crippen LogP contribution in [0.15, 0.2) is 186 Å². The van der Waals surface area contributed by atoms with E-state index in [1.807, 2.05) is 18.2 Å². The SMILES string of the molecule is c1ccc(-c2cc(-c3ccccc3)c3c4c2Oc2cc(N(c5ccccc5)c5ccccc5)ccc2B4c2cc4c(cc2O3)oc2ccccc24)cc1. The highest BCUT2D eigenvalue weighted by Crippen LogP contribution is 2.47. The molecule has 0 aliphatic carbocycles. The van der Waals surface area contributed by atoms with Gasteiger partial charge in [0.15, 0.2) is 0 Å². The van der Waals surface area contributed by atoms with Crippen molar-refractivity contribution >= 4 is 62.1 Å². The van der Waals surface area contributed by atoms with Crippen molar-refractivity contribution < 1.29 is 13.9 Å². The third-order valence-corrected chi connectivity index (χ3v) is 10.6. The second-order valence-corrected chi connectivity index (χ2v) is 13.6. The Labute approximate surface area is 307 Å². The monoisotopic (exact) mass is 679 g/mol. The molecule has 0 N–H and O–H groups in total. The van der Waals surface area contributed by atoms with E-state index in [0.29, 0.717) is 0 Å². The average Bonchev–Trinajstić information content (AvgIpc) is 3.59. The Morgan fingerprint density at radius 1 is 0.396 bits per heavy atom. The molecule has 0 fully saturated rings. The second-order valence-electron chi connectivity index (χ2n) is 13.6. The maximum Gasteiger partial charge on any atom is 0.260 e. The van der Waals surface area contributed by atoms with Crippen molar-refractivity contribution in [3.8, 4) is 45.3 Å². The van der Waals surface area contributed by atoms with Gasteiger partial charge < -0.3 is 18.8 Å². The van der Waals surface area contributed by atoms with Crippen molar-refractivity contribution in [3.05, 3.63) is 182 Å². The molecule has 0 radical (unpaired) electrons. The summed E-state index contributed by atoms with van der Waals surface area (Å²) in [5, 5.41) is 2.16. The van der Waals surface area contributed by atoms with E-state index in [-0.39, 0.29) is 6.71 Å². The van der Waals surface area contributed by atoms with Gasteiger partial charge in [0.25, 0.3) is 6.71 Å². The summed E-state index contributed by atoms with van der Waals surface area (Å²) in [6.07, 6.45) is 0. The maximum absolute atomic E-state index is 7.20. The smallest absolute Gasteiger partial charge is 0.260 e. The van der Waals surface area contributed by atoms with Crippen LogP contribution in [0.3, 0.4) is 0 Å². The summed E-state index contributed by atoms with van der Waals surface area (Å²) < 4.78 is 20.6. The molecule has 0 atom stereocenters. The van der Waals surface area contributed by atoms with E-state index in [9.17, 15) is 0 Å². The van der Waals surface area contributed by atoms with Crippen molar-refractivity contribution in [2.45, 2.75) is 0 Å². The first-order chi connectivity index (χ1) is 26.3. The average molecular weight is 680 g/mol. The Morgan fingerprint density at radius 2 is 0.943 bits per heavy atom. The molecule has 0 amide bonds. The molecule has 1 aromatic heterocycles. The van der Waals surface area contributed by atoms with Crippen LogP contribution in [0.1, 0.15) is 0 Å². The summed E-state index contributed by atoms with van der Waals surface area (Å²) in [5.41, 5.74) is 12.2. The third-order valence-electron chi connectivity index (χ3n) is 10.6. The lowest BCUT2D eigenvalue weighted by molar-refractivity contribution is 0.466. The van der Waals surface area contributed by atoms with E-state index >= 15 is 0 Å². The highest BCUT2D eigenvalue weighted by molar-refractivity contribution is 6.98. The number of fused-ring (bicyclic) bond motifs is 7. The van der Waals surface area contributed by atoms with Crippen LogP contribution in [-0.4, -0.2) is 6.71 Å². The van der Waals surface area contributed by atoms with E-state index < -0.39 is 0 Å². The minimum atomic E-state index is -0.160. The van der Waals surface area contributed by atoms with Crippen LogP contribution < -0.4 is 30.8 Å². The number of benzene rings is 8. The molecule has 9 aromatic rings. The topological polar surface area (TPSA) is 34.8 Å². The Kier molecular flexibility index (Phi) is 6.61. The van der Waals surface area contributed by atoms with E-state index in [0.717, 1.165) is 101 Å². The molecule has 248 valence electrons. The third kappa shape index (κ3) is 4.71. The summed E-state index contributed by atoms with van der Waals surface area (Å²) in [5.74, 6) is 3.23. The molecule has 2 aliphatic heterocycles. The highest BCUT2D eigenvalue weighted by atomic mass is 16.5. The number of para-hydroxylation sites is 3. The summed E-state index contributed by atoms with van der Waals surface area (Å²) >= 11 is 0. The fraction of sp³-hybridized carbons (Fsp3) is 0. The largest absolute Gasteiger partial charge is 0.458 e. The molecular formula is C48H30BNO3. The van der Waals surface area contributed by atoms with Gasteiger partial charge in [-0.3, -0.25) is 0 Å². The number of hydrogen-bond acceptors (Lipinski definition) is 4. The van der Waals surface area contributed by atoms with Gasteiger partial charge in [-0.15, -0.1) is 0 Å². The lowest BCUT2D eigenvalue weighted by Gasteiger charge is -2.36. The van der Waals surface area contributed by atoms with Gasteiger partial charge >= 0.3 is 0 Å². The predicted molar refractivity (Wildman–Crippen MR) is 217 cm³/mol. The number of hydrogen-bond donors (Lipinski definition) is 0. The normalized spacial score (nSPS) is 12.4. The first-order valence-electron chi connectivity index (χ1n) is 18.0. The quantitative estimate of drug-likeness (QED) is 0.170. The van der Waals surface area contributed by atoms with Crippen LogP contribution in [-0.2, 0) is 0 Å². The van der Waals surface area contributed by atoms with Crippen LogP contribution >= 0.6 is 0 Å². The van der Waals surface area contributed by atoms with Crippen LogP contribution in [0.2, 0.25) is 0 Å². The van der Waals surface area contributed by atoms with Crippen LogP contribution in [0.4, 0.5) is 17.1 Å². The Bertz CT molecular complexity index is 2800. The Balaban J connectivity index is 1.20. The van der Waals surface area contributed by atoms with Crippen LogP contribution in [0.5, 0.6) is 23.0 Å². The zero-order valence-electron chi connectivity index (χ0n) is 28.6. The standard InChI is InChI=1S/C48H30BNO3/c1-5-15-31(16-6-1)37-28-38(32-17-7-2-8-18-32)48-46-47(37)52-44-27-35(50(33-19-9-3-10-20-33)34-21-11-4-12-22-34)25-26-40(44)49(46)41-29-39-36-23-13-14-24-42(36)51-43(39)30-45(41)53-48/h1-30H.